The lowest BCUT2D eigenvalue weighted by Crippen LogP contribution is -2.25. The Kier molecular flexibility index (Phi) is 6.55. The van der Waals surface area contributed by atoms with E-state index in [1.165, 1.54) is 0 Å². The van der Waals surface area contributed by atoms with Gasteiger partial charge < -0.3 is 10.6 Å². The van der Waals surface area contributed by atoms with E-state index in [0.29, 0.717) is 28.9 Å². The van der Waals surface area contributed by atoms with E-state index in [1.807, 2.05) is 25.1 Å². The second kappa shape index (κ2) is 8.64. The molecule has 0 radical (unpaired) electrons. The van der Waals surface area contributed by atoms with Gasteiger partial charge in [0.05, 0.1) is 0 Å². The van der Waals surface area contributed by atoms with Gasteiger partial charge in [-0.25, -0.2) is 9.97 Å². The molecular weight excluding hydrogens is 324 g/mol. The number of benzene rings is 1. The van der Waals surface area contributed by atoms with Crippen LogP contribution in [-0.4, -0.2) is 22.4 Å². The Morgan fingerprint density at radius 3 is 2.67 bits per heavy atom. The van der Waals surface area contributed by atoms with E-state index in [0.717, 1.165) is 30.5 Å². The summed E-state index contributed by atoms with van der Waals surface area (Å²) in [6.45, 7) is 6.50. The normalized spacial score (nSPS) is 10.5. The van der Waals surface area contributed by atoms with E-state index in [1.54, 1.807) is 13.0 Å². The van der Waals surface area contributed by atoms with Gasteiger partial charge in [-0.05, 0) is 38.0 Å². The van der Waals surface area contributed by atoms with Crippen LogP contribution in [-0.2, 0) is 0 Å². The number of unbranched alkanes of at least 4 members (excludes halogenated alkanes) is 2. The molecule has 0 unspecified atom stereocenters. The first-order valence-corrected chi connectivity index (χ1v) is 8.54. The van der Waals surface area contributed by atoms with E-state index >= 15 is 0 Å². The molecular formula is C18H23ClN4O. The van der Waals surface area contributed by atoms with Gasteiger partial charge in [0, 0.05) is 23.3 Å². The molecule has 5 nitrogen and oxygen atoms in total. The molecule has 0 saturated heterocycles. The molecule has 0 fully saturated rings. The molecule has 0 saturated carbocycles. The maximum Gasteiger partial charge on any atom is 0.270 e. The summed E-state index contributed by atoms with van der Waals surface area (Å²) in [5, 5.41) is 6.74. The molecule has 1 amide bonds. The second-order valence-corrected chi connectivity index (χ2v) is 6.14. The van der Waals surface area contributed by atoms with Crippen LogP contribution in [0.5, 0.6) is 0 Å². The van der Waals surface area contributed by atoms with E-state index in [-0.39, 0.29) is 5.91 Å². The summed E-state index contributed by atoms with van der Waals surface area (Å²) in [5.74, 6) is 0.930. The molecule has 0 aliphatic rings. The van der Waals surface area contributed by atoms with Gasteiger partial charge in [-0.1, -0.05) is 37.4 Å². The van der Waals surface area contributed by atoms with Crippen molar-refractivity contribution in [2.75, 3.05) is 11.9 Å². The Bertz CT molecular complexity index is 718. The number of aryl methyl sites for hydroxylation is 2. The van der Waals surface area contributed by atoms with Crippen LogP contribution in [0.15, 0.2) is 24.3 Å². The van der Waals surface area contributed by atoms with Gasteiger partial charge in [-0.15, -0.1) is 0 Å². The van der Waals surface area contributed by atoms with Crippen LogP contribution in [0.1, 0.15) is 48.1 Å². The summed E-state index contributed by atoms with van der Waals surface area (Å²) in [6.07, 6.45) is 3.19. The van der Waals surface area contributed by atoms with Crippen molar-refractivity contribution in [2.24, 2.45) is 0 Å². The first kappa shape index (κ1) is 18.2. The Morgan fingerprint density at radius 2 is 1.96 bits per heavy atom. The lowest BCUT2D eigenvalue weighted by atomic mass is 10.2. The van der Waals surface area contributed by atoms with Crippen LogP contribution in [0.2, 0.25) is 5.02 Å². The van der Waals surface area contributed by atoms with Gasteiger partial charge in [0.2, 0.25) is 0 Å². The highest BCUT2D eigenvalue weighted by Crippen LogP contribution is 2.22. The lowest BCUT2D eigenvalue weighted by Gasteiger charge is -2.10. The highest BCUT2D eigenvalue weighted by molar-refractivity contribution is 6.31. The van der Waals surface area contributed by atoms with Crippen LogP contribution in [0, 0.1) is 13.8 Å². The summed E-state index contributed by atoms with van der Waals surface area (Å²) in [7, 11) is 0. The van der Waals surface area contributed by atoms with Crippen molar-refractivity contribution in [1.82, 2.24) is 15.3 Å². The molecule has 0 atom stereocenters. The van der Waals surface area contributed by atoms with Crippen LogP contribution in [0.25, 0.3) is 0 Å². The van der Waals surface area contributed by atoms with Crippen LogP contribution in [0.4, 0.5) is 11.5 Å². The van der Waals surface area contributed by atoms with Gasteiger partial charge in [-0.3, -0.25) is 4.79 Å². The molecule has 128 valence electrons. The average molecular weight is 347 g/mol. The molecule has 1 aromatic heterocycles. The van der Waals surface area contributed by atoms with Crippen molar-refractivity contribution in [3.05, 3.63) is 46.4 Å². The fourth-order valence-electron chi connectivity index (χ4n) is 2.23. The van der Waals surface area contributed by atoms with E-state index in [2.05, 4.69) is 27.5 Å². The number of halogens is 1. The molecule has 6 heteroatoms. The Morgan fingerprint density at radius 1 is 1.17 bits per heavy atom. The van der Waals surface area contributed by atoms with E-state index in [9.17, 15) is 4.79 Å². The average Bonchev–Trinajstić information content (AvgIpc) is 2.54. The van der Waals surface area contributed by atoms with Gasteiger partial charge >= 0.3 is 0 Å². The SMILES string of the molecule is CCCCCNC(=O)c1cc(Nc2ccc(C)c(Cl)c2)nc(C)n1. The Balaban J connectivity index is 2.10. The number of nitrogens with one attached hydrogen (secondary N) is 2. The zero-order valence-corrected chi connectivity index (χ0v) is 15.1. The lowest BCUT2D eigenvalue weighted by molar-refractivity contribution is 0.0947. The number of nitrogens with zero attached hydrogens (tertiary/aromatic N) is 2. The largest absolute Gasteiger partial charge is 0.351 e. The summed E-state index contributed by atoms with van der Waals surface area (Å²) < 4.78 is 0. The van der Waals surface area contributed by atoms with Crippen molar-refractivity contribution in [3.63, 3.8) is 0 Å². The van der Waals surface area contributed by atoms with Crippen molar-refractivity contribution in [3.8, 4) is 0 Å². The second-order valence-electron chi connectivity index (χ2n) is 5.74. The van der Waals surface area contributed by atoms with Crippen LogP contribution < -0.4 is 10.6 Å². The minimum absolute atomic E-state index is 0.179. The monoisotopic (exact) mass is 346 g/mol. The summed E-state index contributed by atoms with van der Waals surface area (Å²) >= 11 is 6.14. The topological polar surface area (TPSA) is 66.9 Å². The summed E-state index contributed by atoms with van der Waals surface area (Å²) in [6, 6.07) is 7.33. The first-order chi connectivity index (χ1) is 11.5. The number of carbonyl (C=O) groups excluding carboxylic acids is 1. The summed E-state index contributed by atoms with van der Waals surface area (Å²) in [5.41, 5.74) is 2.19. The molecule has 1 aromatic carbocycles. The zero-order valence-electron chi connectivity index (χ0n) is 14.3. The quantitative estimate of drug-likeness (QED) is 0.729. The standard InChI is InChI=1S/C18H23ClN4O/c1-4-5-6-9-20-18(24)16-11-17(22-13(3)21-16)23-14-8-7-12(2)15(19)10-14/h7-8,10-11H,4-6,9H2,1-3H3,(H,20,24)(H,21,22,23). The Labute approximate surface area is 147 Å². The molecule has 2 aromatic rings. The third-order valence-electron chi connectivity index (χ3n) is 3.58. The van der Waals surface area contributed by atoms with Crippen molar-refractivity contribution in [2.45, 2.75) is 40.0 Å². The number of anilines is 2. The van der Waals surface area contributed by atoms with Crippen molar-refractivity contribution in [1.29, 1.82) is 0 Å². The fourth-order valence-corrected chi connectivity index (χ4v) is 2.41. The highest BCUT2D eigenvalue weighted by Gasteiger charge is 2.10. The van der Waals surface area contributed by atoms with E-state index in [4.69, 9.17) is 11.6 Å². The molecule has 2 rings (SSSR count). The molecule has 24 heavy (non-hydrogen) atoms. The number of carbonyl (C=O) groups is 1. The zero-order chi connectivity index (χ0) is 17.5. The maximum absolute atomic E-state index is 12.2. The minimum Gasteiger partial charge on any atom is -0.351 e. The van der Waals surface area contributed by atoms with Gasteiger partial charge in [0.25, 0.3) is 5.91 Å². The highest BCUT2D eigenvalue weighted by atomic mass is 35.5. The molecule has 0 spiro atoms. The third kappa shape index (κ3) is 5.20. The number of hydrogen-bond donors (Lipinski definition) is 2. The van der Waals surface area contributed by atoms with Crippen molar-refractivity contribution >= 4 is 29.0 Å². The smallest absolute Gasteiger partial charge is 0.270 e. The number of hydrogen-bond acceptors (Lipinski definition) is 4. The van der Waals surface area contributed by atoms with Crippen LogP contribution >= 0.6 is 11.6 Å². The number of amides is 1. The molecule has 0 bridgehead atoms. The maximum atomic E-state index is 12.2. The number of rotatable bonds is 7. The van der Waals surface area contributed by atoms with Crippen LogP contribution in [0.3, 0.4) is 0 Å². The Hall–Kier alpha value is -2.14. The molecule has 0 aliphatic carbocycles. The fraction of sp³-hybridized carbons (Fsp3) is 0.389. The van der Waals surface area contributed by atoms with E-state index < -0.39 is 0 Å². The predicted octanol–water partition coefficient (Wildman–Crippen LogP) is 4.41. The molecule has 2 N–H and O–H groups in total. The predicted molar refractivity (Wildman–Crippen MR) is 98.1 cm³/mol. The number of aromatic nitrogens is 2. The van der Waals surface area contributed by atoms with Gasteiger partial charge in [0.1, 0.15) is 17.3 Å². The first-order valence-electron chi connectivity index (χ1n) is 8.16. The third-order valence-corrected chi connectivity index (χ3v) is 3.99. The molecule has 0 aliphatic heterocycles. The minimum atomic E-state index is -0.179. The van der Waals surface area contributed by atoms with Gasteiger partial charge in [0.15, 0.2) is 0 Å². The van der Waals surface area contributed by atoms with Crippen molar-refractivity contribution < 1.29 is 4.79 Å². The van der Waals surface area contributed by atoms with Gasteiger partial charge in [-0.2, -0.15) is 0 Å². The summed E-state index contributed by atoms with van der Waals surface area (Å²) in [4.78, 5) is 20.8. The molecule has 1 heterocycles.